The van der Waals surface area contributed by atoms with Crippen LogP contribution in [0.15, 0.2) is 0 Å². The van der Waals surface area contributed by atoms with Crippen molar-refractivity contribution >= 4 is 12.0 Å². The quantitative estimate of drug-likeness (QED) is 0.800. The minimum Gasteiger partial charge on any atom is -0.481 e. The fraction of sp³-hybridized carbons (Fsp3) is 0.846. The SMILES string of the molecule is CCN(C(=O)NC1CCCC1)C1COCC1C(=O)O. The molecule has 2 fully saturated rings. The van der Waals surface area contributed by atoms with Crippen LogP contribution in [0.1, 0.15) is 32.6 Å². The van der Waals surface area contributed by atoms with Gasteiger partial charge in [-0.15, -0.1) is 0 Å². The number of carboxylic acids is 1. The molecule has 0 aromatic carbocycles. The molecule has 2 atom stereocenters. The van der Waals surface area contributed by atoms with E-state index in [1.54, 1.807) is 4.90 Å². The summed E-state index contributed by atoms with van der Waals surface area (Å²) >= 11 is 0. The molecule has 19 heavy (non-hydrogen) atoms. The third-order valence-corrected chi connectivity index (χ3v) is 4.05. The van der Waals surface area contributed by atoms with Gasteiger partial charge in [-0.3, -0.25) is 4.79 Å². The molecular formula is C13H22N2O4. The lowest BCUT2D eigenvalue weighted by Gasteiger charge is -2.30. The Hall–Kier alpha value is -1.30. The predicted molar refractivity (Wildman–Crippen MR) is 68.9 cm³/mol. The lowest BCUT2D eigenvalue weighted by molar-refractivity contribution is -0.142. The van der Waals surface area contributed by atoms with Crippen molar-refractivity contribution in [3.05, 3.63) is 0 Å². The van der Waals surface area contributed by atoms with Crippen molar-refractivity contribution in [1.82, 2.24) is 10.2 Å². The Labute approximate surface area is 113 Å². The van der Waals surface area contributed by atoms with Gasteiger partial charge in [-0.2, -0.15) is 0 Å². The first-order chi connectivity index (χ1) is 9.13. The van der Waals surface area contributed by atoms with Crippen LogP contribution >= 0.6 is 0 Å². The molecule has 1 aliphatic heterocycles. The van der Waals surface area contributed by atoms with Crippen LogP contribution in [0.2, 0.25) is 0 Å². The van der Waals surface area contributed by atoms with E-state index >= 15 is 0 Å². The van der Waals surface area contributed by atoms with Gasteiger partial charge in [0.1, 0.15) is 5.92 Å². The van der Waals surface area contributed by atoms with E-state index in [2.05, 4.69) is 5.32 Å². The number of nitrogens with one attached hydrogen (secondary N) is 1. The highest BCUT2D eigenvalue weighted by Gasteiger charge is 2.39. The molecule has 108 valence electrons. The Morgan fingerprint density at radius 2 is 2.00 bits per heavy atom. The predicted octanol–water partition coefficient (Wildman–Crippen LogP) is 1.06. The molecule has 2 amide bonds. The van der Waals surface area contributed by atoms with Crippen molar-refractivity contribution in [2.24, 2.45) is 5.92 Å². The maximum absolute atomic E-state index is 12.3. The zero-order valence-electron chi connectivity index (χ0n) is 11.3. The monoisotopic (exact) mass is 270 g/mol. The molecule has 0 radical (unpaired) electrons. The summed E-state index contributed by atoms with van der Waals surface area (Å²) in [5.41, 5.74) is 0. The lowest BCUT2D eigenvalue weighted by Crippen LogP contribution is -2.52. The van der Waals surface area contributed by atoms with E-state index in [0.29, 0.717) is 13.2 Å². The molecule has 2 aliphatic rings. The van der Waals surface area contributed by atoms with Gasteiger partial charge >= 0.3 is 12.0 Å². The standard InChI is InChI=1S/C13H22N2O4/c1-2-15(11-8-19-7-10(11)12(16)17)13(18)14-9-5-3-4-6-9/h9-11H,2-8H2,1H3,(H,14,18)(H,16,17). The highest BCUT2D eigenvalue weighted by atomic mass is 16.5. The van der Waals surface area contributed by atoms with Gasteiger partial charge in [0.25, 0.3) is 0 Å². The first-order valence-electron chi connectivity index (χ1n) is 7.01. The topological polar surface area (TPSA) is 78.9 Å². The number of carbonyl (C=O) groups is 2. The number of likely N-dealkylation sites (N-methyl/N-ethyl adjacent to an activating group) is 1. The summed E-state index contributed by atoms with van der Waals surface area (Å²) in [6.07, 6.45) is 4.35. The number of urea groups is 1. The molecule has 0 aromatic rings. The zero-order valence-corrected chi connectivity index (χ0v) is 11.3. The fourth-order valence-electron chi connectivity index (χ4n) is 2.94. The van der Waals surface area contributed by atoms with Gasteiger partial charge in [0.05, 0.1) is 19.3 Å². The van der Waals surface area contributed by atoms with E-state index in [0.717, 1.165) is 25.7 Å². The largest absolute Gasteiger partial charge is 0.481 e. The number of carbonyl (C=O) groups excluding carboxylic acids is 1. The number of nitrogens with zero attached hydrogens (tertiary/aromatic N) is 1. The summed E-state index contributed by atoms with van der Waals surface area (Å²) in [6.45, 7) is 2.86. The van der Waals surface area contributed by atoms with Gasteiger partial charge < -0.3 is 20.1 Å². The number of rotatable bonds is 4. The second kappa shape index (κ2) is 6.23. The summed E-state index contributed by atoms with van der Waals surface area (Å²) in [5.74, 6) is -1.51. The summed E-state index contributed by atoms with van der Waals surface area (Å²) in [6, 6.07) is -0.271. The minimum absolute atomic E-state index is 0.156. The molecule has 0 spiro atoms. The van der Waals surface area contributed by atoms with Crippen LogP contribution in [0.4, 0.5) is 4.79 Å². The highest BCUT2D eigenvalue weighted by molar-refractivity contribution is 5.77. The Balaban J connectivity index is 1.97. The summed E-state index contributed by atoms with van der Waals surface area (Å²) in [5, 5.41) is 12.2. The van der Waals surface area contributed by atoms with Crippen LogP contribution in [0, 0.1) is 5.92 Å². The second-order valence-electron chi connectivity index (χ2n) is 5.27. The molecular weight excluding hydrogens is 248 g/mol. The molecule has 1 aliphatic carbocycles. The van der Waals surface area contributed by atoms with Crippen LogP contribution in [-0.4, -0.2) is 53.8 Å². The molecule has 0 aromatic heterocycles. The van der Waals surface area contributed by atoms with E-state index in [1.807, 2.05) is 6.92 Å². The van der Waals surface area contributed by atoms with E-state index in [9.17, 15) is 9.59 Å². The smallest absolute Gasteiger partial charge is 0.317 e. The number of aliphatic carboxylic acids is 1. The van der Waals surface area contributed by atoms with E-state index < -0.39 is 11.9 Å². The average molecular weight is 270 g/mol. The Morgan fingerprint density at radius 3 is 2.58 bits per heavy atom. The van der Waals surface area contributed by atoms with Crippen LogP contribution in [-0.2, 0) is 9.53 Å². The number of hydrogen-bond acceptors (Lipinski definition) is 3. The van der Waals surface area contributed by atoms with Gasteiger partial charge in [-0.25, -0.2) is 4.79 Å². The summed E-state index contributed by atoms with van der Waals surface area (Å²) in [4.78, 5) is 25.0. The molecule has 1 saturated carbocycles. The van der Waals surface area contributed by atoms with E-state index in [4.69, 9.17) is 9.84 Å². The zero-order chi connectivity index (χ0) is 13.8. The maximum atomic E-state index is 12.3. The number of hydrogen-bond donors (Lipinski definition) is 2. The van der Waals surface area contributed by atoms with Crippen LogP contribution in [0.5, 0.6) is 0 Å². The molecule has 0 bridgehead atoms. The van der Waals surface area contributed by atoms with Crippen molar-refractivity contribution in [3.8, 4) is 0 Å². The number of ether oxygens (including phenoxy) is 1. The number of amides is 2. The van der Waals surface area contributed by atoms with Gasteiger partial charge in [-0.1, -0.05) is 12.8 Å². The van der Waals surface area contributed by atoms with Crippen molar-refractivity contribution in [2.75, 3.05) is 19.8 Å². The first-order valence-corrected chi connectivity index (χ1v) is 7.01. The van der Waals surface area contributed by atoms with E-state index in [-0.39, 0.29) is 24.7 Å². The van der Waals surface area contributed by atoms with Gasteiger partial charge in [0.2, 0.25) is 0 Å². The molecule has 1 saturated heterocycles. The lowest BCUT2D eigenvalue weighted by atomic mass is 10.0. The molecule has 6 nitrogen and oxygen atoms in total. The Kier molecular flexibility index (Phi) is 4.63. The molecule has 2 unspecified atom stereocenters. The van der Waals surface area contributed by atoms with E-state index in [1.165, 1.54) is 0 Å². The normalized spacial score (nSPS) is 27.4. The second-order valence-corrected chi connectivity index (χ2v) is 5.27. The van der Waals surface area contributed by atoms with Crippen molar-refractivity contribution in [1.29, 1.82) is 0 Å². The van der Waals surface area contributed by atoms with Crippen LogP contribution in [0.25, 0.3) is 0 Å². The average Bonchev–Trinajstić information content (AvgIpc) is 3.00. The molecule has 6 heteroatoms. The molecule has 1 heterocycles. The van der Waals surface area contributed by atoms with Crippen molar-refractivity contribution < 1.29 is 19.4 Å². The third-order valence-electron chi connectivity index (χ3n) is 4.05. The first kappa shape index (κ1) is 14.1. The minimum atomic E-state index is -0.894. The molecule has 2 rings (SSSR count). The van der Waals surface area contributed by atoms with Gasteiger partial charge in [0.15, 0.2) is 0 Å². The van der Waals surface area contributed by atoms with Gasteiger partial charge in [0, 0.05) is 12.6 Å². The maximum Gasteiger partial charge on any atom is 0.317 e. The third kappa shape index (κ3) is 3.18. The summed E-state index contributed by atoms with van der Waals surface area (Å²) in [7, 11) is 0. The Bertz CT molecular complexity index is 342. The van der Waals surface area contributed by atoms with Crippen LogP contribution in [0.3, 0.4) is 0 Å². The summed E-state index contributed by atoms with van der Waals surface area (Å²) < 4.78 is 5.23. The Morgan fingerprint density at radius 1 is 1.32 bits per heavy atom. The van der Waals surface area contributed by atoms with Crippen molar-refractivity contribution in [2.45, 2.75) is 44.7 Å². The number of carboxylic acid groups (broad SMARTS) is 1. The van der Waals surface area contributed by atoms with Crippen LogP contribution < -0.4 is 5.32 Å². The van der Waals surface area contributed by atoms with Gasteiger partial charge in [-0.05, 0) is 19.8 Å². The fourth-order valence-corrected chi connectivity index (χ4v) is 2.94. The highest BCUT2D eigenvalue weighted by Crippen LogP contribution is 2.22. The van der Waals surface area contributed by atoms with Crippen molar-refractivity contribution in [3.63, 3.8) is 0 Å². The molecule has 2 N–H and O–H groups in total.